The van der Waals surface area contributed by atoms with Crippen molar-refractivity contribution in [3.8, 4) is 0 Å². The summed E-state index contributed by atoms with van der Waals surface area (Å²) in [6, 6.07) is -1.05. The third-order valence-electron chi connectivity index (χ3n) is 19.5. The minimum absolute atomic E-state index is 0.0178. The standard InChI is InChI=1S/C34H54N2O5.C25H40N2O4/c1-33(2)26-22-36-29(28(26)33)27(38)20-23(30(39)31(35)40)15-11-8-6-4-5-7-9-12-16-24(32(36)41)19-25(37)21-34(3)17-13-10-14-18-34;1-16-12-10-8-6-4-5-7-9-11-13-17(22(29)23(26)30)14-19(28)21-20-18(25(20,2)3)15-27(21)24(16)31/h23-24,26,28-29H,4-22H2,1-3H3,(H2,35,40);16-18,20-21H,4-15H2,1-3H3,(H2,26,30)/t23-,24-,26+,28+,29-;16-,17+,18-,20-,21+/m10/s1. The van der Waals surface area contributed by atoms with Gasteiger partial charge in [0.1, 0.15) is 5.78 Å². The molecule has 4 aliphatic heterocycles. The Kier molecular flexibility index (Phi) is 20.1. The first-order valence-electron chi connectivity index (χ1n) is 29.0. The first-order valence-corrected chi connectivity index (χ1v) is 29.0. The fourth-order valence-corrected chi connectivity index (χ4v) is 14.6. The number of ketones is 5. The van der Waals surface area contributed by atoms with Gasteiger partial charge in [0.15, 0.2) is 11.6 Å². The Labute approximate surface area is 432 Å². The molecule has 7 aliphatic rings. The van der Waals surface area contributed by atoms with Crippen LogP contribution < -0.4 is 11.5 Å². The van der Waals surface area contributed by atoms with Crippen LogP contribution in [-0.4, -0.2) is 87.5 Å². The largest absolute Gasteiger partial charge is 0.363 e. The molecule has 0 radical (unpaired) electrons. The van der Waals surface area contributed by atoms with E-state index < -0.39 is 53.2 Å². The lowest BCUT2D eigenvalue weighted by Crippen LogP contribution is -2.49. The molecular formula is C59H94N4O9. The molecule has 3 saturated carbocycles. The molecule has 4 heterocycles. The fourth-order valence-electron chi connectivity index (χ4n) is 14.6. The van der Waals surface area contributed by atoms with Crippen LogP contribution in [0.5, 0.6) is 0 Å². The summed E-state index contributed by atoms with van der Waals surface area (Å²) in [6.07, 6.45) is 25.8. The Hall–Kier alpha value is -3.77. The summed E-state index contributed by atoms with van der Waals surface area (Å²) >= 11 is 0. The molecule has 0 unspecified atom stereocenters. The van der Waals surface area contributed by atoms with Gasteiger partial charge in [0.05, 0.1) is 12.1 Å². The van der Waals surface area contributed by atoms with E-state index in [4.69, 9.17) is 11.5 Å². The maximum absolute atomic E-state index is 14.2. The number of hydrogen-bond acceptors (Lipinski definition) is 9. The Morgan fingerprint density at radius 1 is 0.500 bits per heavy atom. The molecule has 10 atom stereocenters. The van der Waals surface area contributed by atoms with Crippen molar-refractivity contribution in [3.63, 3.8) is 0 Å². The van der Waals surface area contributed by atoms with Crippen molar-refractivity contribution in [2.24, 2.45) is 75.1 Å². The Morgan fingerprint density at radius 3 is 1.28 bits per heavy atom. The van der Waals surface area contributed by atoms with Crippen molar-refractivity contribution < 1.29 is 43.2 Å². The van der Waals surface area contributed by atoms with Gasteiger partial charge in [0.2, 0.25) is 23.4 Å². The molecule has 72 heavy (non-hydrogen) atoms. The molecule has 0 bridgehead atoms. The molecule has 0 aromatic heterocycles. The van der Waals surface area contributed by atoms with Gasteiger partial charge >= 0.3 is 0 Å². The molecule has 13 heteroatoms. The lowest BCUT2D eigenvalue weighted by atomic mass is 9.72. The molecule has 3 aliphatic carbocycles. The van der Waals surface area contributed by atoms with Crippen molar-refractivity contribution in [2.75, 3.05) is 13.1 Å². The number of carbonyl (C=O) groups excluding carboxylic acids is 9. The number of hydrogen-bond donors (Lipinski definition) is 2. The van der Waals surface area contributed by atoms with E-state index >= 15 is 0 Å². The Balaban J connectivity index is 0.000000245. The molecular weight excluding hydrogens is 909 g/mol. The number of fused-ring (bicyclic) bond motifs is 6. The van der Waals surface area contributed by atoms with Gasteiger partial charge in [0.25, 0.3) is 11.8 Å². The number of amides is 4. The summed E-state index contributed by atoms with van der Waals surface area (Å²) in [6.45, 7) is 14.0. The van der Waals surface area contributed by atoms with Crippen LogP contribution in [-0.2, 0) is 43.2 Å². The van der Waals surface area contributed by atoms with Crippen molar-refractivity contribution in [1.82, 2.24) is 9.80 Å². The molecule has 7 fully saturated rings. The van der Waals surface area contributed by atoms with Crippen molar-refractivity contribution in [3.05, 3.63) is 0 Å². The second kappa shape index (κ2) is 25.2. The molecule has 0 aromatic carbocycles. The number of primary amides is 2. The SMILES string of the molecule is CC1(CC(=O)C[C@H]2CCCCCCCCCC[C@@H](C(=O)C(N)=O)CC(=O)[C@@H]3[C@@H]4[C@H](CN3C2=O)C4(C)C)CCCCC1.C[C@H]1CCCCCCCCCC[C@@H](C(=O)C(N)=O)CC(=O)[C@@H]2[C@@H]3[C@H](CN2C1=O)C3(C)C. The van der Waals surface area contributed by atoms with E-state index in [-0.39, 0.29) is 88.3 Å². The maximum Gasteiger partial charge on any atom is 0.285 e. The van der Waals surface area contributed by atoms with Gasteiger partial charge in [-0.2, -0.15) is 0 Å². The highest BCUT2D eigenvalue weighted by atomic mass is 16.2. The number of carbonyl (C=O) groups is 9. The van der Waals surface area contributed by atoms with Gasteiger partial charge in [-0.05, 0) is 78.4 Å². The predicted molar refractivity (Wildman–Crippen MR) is 278 cm³/mol. The minimum atomic E-state index is -0.983. The van der Waals surface area contributed by atoms with Crippen molar-refractivity contribution in [1.29, 1.82) is 0 Å². The Bertz CT molecular complexity index is 1990. The summed E-state index contributed by atoms with van der Waals surface area (Å²) in [5, 5.41) is 0. The molecule has 4 saturated heterocycles. The number of nitrogens with zero attached hydrogens (tertiary/aromatic N) is 2. The summed E-state index contributed by atoms with van der Waals surface area (Å²) in [5.74, 6) is -4.31. The monoisotopic (exact) mass is 1000 g/mol. The lowest BCUT2D eigenvalue weighted by Gasteiger charge is -2.35. The quantitative estimate of drug-likeness (QED) is 0.221. The molecule has 0 aromatic rings. The minimum Gasteiger partial charge on any atom is -0.363 e. The number of rotatable bonds is 8. The van der Waals surface area contributed by atoms with Crippen LogP contribution in [0.4, 0.5) is 0 Å². The van der Waals surface area contributed by atoms with Gasteiger partial charge in [-0.25, -0.2) is 0 Å². The Morgan fingerprint density at radius 2 is 0.861 bits per heavy atom. The van der Waals surface area contributed by atoms with E-state index in [1.165, 1.54) is 32.1 Å². The maximum atomic E-state index is 14.2. The normalized spacial score (nSPS) is 33.8. The summed E-state index contributed by atoms with van der Waals surface area (Å²) in [7, 11) is 0. The molecule has 404 valence electrons. The van der Waals surface area contributed by atoms with E-state index in [2.05, 4.69) is 34.6 Å². The van der Waals surface area contributed by atoms with Gasteiger partial charge in [0, 0.05) is 62.4 Å². The van der Waals surface area contributed by atoms with Crippen LogP contribution in [0, 0.1) is 63.6 Å². The van der Waals surface area contributed by atoms with Crippen molar-refractivity contribution >= 4 is 52.5 Å². The topological polar surface area (TPSA) is 212 Å². The molecule has 13 nitrogen and oxygen atoms in total. The summed E-state index contributed by atoms with van der Waals surface area (Å²) < 4.78 is 0. The highest BCUT2D eigenvalue weighted by molar-refractivity contribution is 6.37. The van der Waals surface area contributed by atoms with Crippen LogP contribution in [0.25, 0.3) is 0 Å². The molecule has 4 amide bonds. The van der Waals surface area contributed by atoms with Crippen LogP contribution in [0.3, 0.4) is 0 Å². The molecule has 7 rings (SSSR count). The van der Waals surface area contributed by atoms with Crippen LogP contribution >= 0.6 is 0 Å². The van der Waals surface area contributed by atoms with Gasteiger partial charge in [-0.15, -0.1) is 0 Å². The van der Waals surface area contributed by atoms with Crippen LogP contribution in [0.2, 0.25) is 0 Å². The smallest absolute Gasteiger partial charge is 0.285 e. The number of nitrogens with two attached hydrogens (primary N) is 2. The van der Waals surface area contributed by atoms with E-state index in [1.54, 1.807) is 9.80 Å². The first kappa shape index (κ1) is 57.5. The second-order valence-corrected chi connectivity index (χ2v) is 25.7. The molecule has 4 N–H and O–H groups in total. The van der Waals surface area contributed by atoms with E-state index in [1.807, 2.05) is 6.92 Å². The van der Waals surface area contributed by atoms with Crippen LogP contribution in [0.1, 0.15) is 228 Å². The zero-order chi connectivity index (χ0) is 52.5. The zero-order valence-electron chi connectivity index (χ0n) is 45.4. The predicted octanol–water partition coefficient (Wildman–Crippen LogP) is 9.60. The van der Waals surface area contributed by atoms with E-state index in [0.29, 0.717) is 44.7 Å². The zero-order valence-corrected chi connectivity index (χ0v) is 45.4. The van der Waals surface area contributed by atoms with Gasteiger partial charge < -0.3 is 21.3 Å². The number of Topliss-reactive ketones (excluding diaryl/α,β-unsaturated/α-hetero) is 5. The molecule has 0 spiro atoms. The van der Waals surface area contributed by atoms with Gasteiger partial charge in [-0.1, -0.05) is 164 Å². The summed E-state index contributed by atoms with van der Waals surface area (Å²) in [4.78, 5) is 120. The van der Waals surface area contributed by atoms with Gasteiger partial charge in [-0.3, -0.25) is 43.2 Å². The van der Waals surface area contributed by atoms with Crippen molar-refractivity contribution in [2.45, 2.75) is 240 Å². The van der Waals surface area contributed by atoms with Crippen LogP contribution in [0.15, 0.2) is 0 Å². The number of piperidine rings is 2. The average Bonchev–Trinajstić information content (AvgIpc) is 3.76. The average molecular weight is 1000 g/mol. The third-order valence-corrected chi connectivity index (χ3v) is 19.5. The lowest BCUT2D eigenvalue weighted by molar-refractivity contribution is -0.145. The highest BCUT2D eigenvalue weighted by Crippen LogP contribution is 2.66. The first-order chi connectivity index (χ1) is 34.1. The highest BCUT2D eigenvalue weighted by Gasteiger charge is 2.70. The van der Waals surface area contributed by atoms with E-state index in [0.717, 1.165) is 109 Å². The van der Waals surface area contributed by atoms with E-state index in [9.17, 15) is 43.2 Å². The summed E-state index contributed by atoms with van der Waals surface area (Å²) in [5.41, 5.74) is 10.7. The fraction of sp³-hybridized carbons (Fsp3) is 0.847. The second-order valence-electron chi connectivity index (χ2n) is 25.7. The third kappa shape index (κ3) is 14.1.